The van der Waals surface area contributed by atoms with E-state index < -0.39 is 5.54 Å². The lowest BCUT2D eigenvalue weighted by atomic mass is 9.91. The molecule has 21 heavy (non-hydrogen) atoms. The van der Waals surface area contributed by atoms with E-state index in [-0.39, 0.29) is 11.7 Å². The Labute approximate surface area is 124 Å². The van der Waals surface area contributed by atoms with E-state index in [2.05, 4.69) is 5.32 Å². The molecule has 110 valence electrons. The van der Waals surface area contributed by atoms with Gasteiger partial charge in [0.15, 0.2) is 5.54 Å². The minimum absolute atomic E-state index is 0.157. The first kappa shape index (κ1) is 14.9. The Balaban J connectivity index is 2.38. The number of carbonyl (C=O) groups is 1. The van der Waals surface area contributed by atoms with Crippen LogP contribution in [0.25, 0.3) is 0 Å². The number of nitrogens with one attached hydrogen (secondary N) is 1. The molecule has 0 saturated heterocycles. The van der Waals surface area contributed by atoms with Gasteiger partial charge in [0.25, 0.3) is 0 Å². The van der Waals surface area contributed by atoms with E-state index in [0.29, 0.717) is 6.61 Å². The SMILES string of the molecule is CCOC(=O)C(C)(Nc1ccccc1)c1ccc(O)cc1. The van der Waals surface area contributed by atoms with Crippen molar-refractivity contribution >= 4 is 11.7 Å². The van der Waals surface area contributed by atoms with Crippen LogP contribution in [0.2, 0.25) is 0 Å². The number of phenolic OH excluding ortho intramolecular Hbond substituents is 1. The molecule has 4 heteroatoms. The van der Waals surface area contributed by atoms with Crippen LogP contribution in [0.5, 0.6) is 5.75 Å². The molecule has 1 unspecified atom stereocenters. The topological polar surface area (TPSA) is 58.6 Å². The molecular weight excluding hydrogens is 266 g/mol. The maximum atomic E-state index is 12.4. The van der Waals surface area contributed by atoms with E-state index >= 15 is 0 Å². The van der Waals surface area contributed by atoms with E-state index in [1.807, 2.05) is 30.3 Å². The Morgan fingerprint density at radius 1 is 1.14 bits per heavy atom. The Bertz CT molecular complexity index is 595. The van der Waals surface area contributed by atoms with Gasteiger partial charge in [-0.25, -0.2) is 4.79 Å². The maximum Gasteiger partial charge on any atom is 0.336 e. The molecule has 0 aliphatic rings. The van der Waals surface area contributed by atoms with Crippen LogP contribution in [0.15, 0.2) is 54.6 Å². The van der Waals surface area contributed by atoms with Crippen LogP contribution in [-0.4, -0.2) is 17.7 Å². The predicted molar refractivity (Wildman–Crippen MR) is 82.2 cm³/mol. The summed E-state index contributed by atoms with van der Waals surface area (Å²) in [4.78, 5) is 12.4. The highest BCUT2D eigenvalue weighted by Crippen LogP contribution is 2.29. The number of benzene rings is 2. The minimum atomic E-state index is -1.02. The summed E-state index contributed by atoms with van der Waals surface area (Å²) in [6.07, 6.45) is 0. The maximum absolute atomic E-state index is 12.4. The first-order valence-electron chi connectivity index (χ1n) is 6.86. The molecule has 0 spiro atoms. The number of carbonyl (C=O) groups excluding carboxylic acids is 1. The first-order valence-corrected chi connectivity index (χ1v) is 6.86. The zero-order valence-corrected chi connectivity index (χ0v) is 12.2. The molecule has 0 bridgehead atoms. The molecule has 4 nitrogen and oxygen atoms in total. The van der Waals surface area contributed by atoms with E-state index in [4.69, 9.17) is 4.74 Å². The van der Waals surface area contributed by atoms with Crippen molar-refractivity contribution in [1.82, 2.24) is 0 Å². The quantitative estimate of drug-likeness (QED) is 0.828. The monoisotopic (exact) mass is 285 g/mol. The molecule has 2 N–H and O–H groups in total. The van der Waals surface area contributed by atoms with Gasteiger partial charge in [-0.1, -0.05) is 30.3 Å². The molecular formula is C17H19NO3. The molecule has 2 rings (SSSR count). The average molecular weight is 285 g/mol. The van der Waals surface area contributed by atoms with Crippen molar-refractivity contribution in [2.75, 3.05) is 11.9 Å². The second-order valence-corrected chi connectivity index (χ2v) is 4.88. The van der Waals surface area contributed by atoms with Gasteiger partial charge in [0.05, 0.1) is 6.61 Å². The summed E-state index contributed by atoms with van der Waals surface area (Å²) in [7, 11) is 0. The standard InChI is InChI=1S/C17H19NO3/c1-3-21-16(20)17(2,13-9-11-15(19)12-10-13)18-14-7-5-4-6-8-14/h4-12,18-19H,3H2,1-2H3. The molecule has 0 aliphatic heterocycles. The molecule has 2 aromatic carbocycles. The van der Waals surface area contributed by atoms with E-state index in [9.17, 15) is 9.90 Å². The minimum Gasteiger partial charge on any atom is -0.508 e. The zero-order chi connectivity index (χ0) is 15.3. The third-order valence-electron chi connectivity index (χ3n) is 3.30. The average Bonchev–Trinajstić information content (AvgIpc) is 2.49. The summed E-state index contributed by atoms with van der Waals surface area (Å²) < 4.78 is 5.20. The van der Waals surface area contributed by atoms with Crippen LogP contribution in [-0.2, 0) is 15.1 Å². The number of rotatable bonds is 5. The van der Waals surface area contributed by atoms with Gasteiger partial charge in [0.2, 0.25) is 0 Å². The molecule has 1 atom stereocenters. The Kier molecular flexibility index (Phi) is 4.48. The highest BCUT2D eigenvalue weighted by atomic mass is 16.5. The molecule has 0 saturated carbocycles. The number of phenols is 1. The number of hydrogen-bond acceptors (Lipinski definition) is 4. The van der Waals surface area contributed by atoms with Crippen molar-refractivity contribution < 1.29 is 14.6 Å². The fourth-order valence-corrected chi connectivity index (χ4v) is 2.12. The van der Waals surface area contributed by atoms with Crippen LogP contribution in [0, 0.1) is 0 Å². The molecule has 0 aliphatic carbocycles. The fourth-order valence-electron chi connectivity index (χ4n) is 2.12. The largest absolute Gasteiger partial charge is 0.508 e. The van der Waals surface area contributed by atoms with Gasteiger partial charge in [-0.3, -0.25) is 0 Å². The second kappa shape index (κ2) is 6.31. The number of esters is 1. The smallest absolute Gasteiger partial charge is 0.336 e. The predicted octanol–water partition coefficient (Wildman–Crippen LogP) is 3.28. The molecule has 0 heterocycles. The lowest BCUT2D eigenvalue weighted by Crippen LogP contribution is -2.42. The van der Waals surface area contributed by atoms with Crippen LogP contribution in [0.3, 0.4) is 0 Å². The van der Waals surface area contributed by atoms with E-state index in [1.54, 1.807) is 38.1 Å². The van der Waals surface area contributed by atoms with Gasteiger partial charge in [-0.2, -0.15) is 0 Å². The third-order valence-corrected chi connectivity index (χ3v) is 3.30. The number of ether oxygens (including phenoxy) is 1. The summed E-state index contributed by atoms with van der Waals surface area (Å²) in [6, 6.07) is 16.0. The molecule has 0 radical (unpaired) electrons. The highest BCUT2D eigenvalue weighted by molar-refractivity contribution is 5.85. The summed E-state index contributed by atoms with van der Waals surface area (Å²) >= 11 is 0. The van der Waals surface area contributed by atoms with Crippen molar-refractivity contribution in [3.63, 3.8) is 0 Å². The van der Waals surface area contributed by atoms with Gasteiger partial charge in [-0.15, -0.1) is 0 Å². The molecule has 2 aromatic rings. The first-order chi connectivity index (χ1) is 10.1. The molecule has 0 fully saturated rings. The number of hydrogen-bond donors (Lipinski definition) is 2. The van der Waals surface area contributed by atoms with Gasteiger partial charge >= 0.3 is 5.97 Å². The van der Waals surface area contributed by atoms with Gasteiger partial charge in [0, 0.05) is 5.69 Å². The third kappa shape index (κ3) is 3.34. The molecule has 0 amide bonds. The van der Waals surface area contributed by atoms with Crippen LogP contribution >= 0.6 is 0 Å². The van der Waals surface area contributed by atoms with Gasteiger partial charge < -0.3 is 15.2 Å². The van der Waals surface area contributed by atoms with Gasteiger partial charge in [-0.05, 0) is 43.7 Å². The van der Waals surface area contributed by atoms with Crippen molar-refractivity contribution in [3.05, 3.63) is 60.2 Å². The van der Waals surface area contributed by atoms with E-state index in [1.165, 1.54) is 0 Å². The van der Waals surface area contributed by atoms with Crippen molar-refractivity contribution in [3.8, 4) is 5.75 Å². The van der Waals surface area contributed by atoms with Crippen LogP contribution in [0.1, 0.15) is 19.4 Å². The van der Waals surface area contributed by atoms with Crippen LogP contribution in [0.4, 0.5) is 5.69 Å². The van der Waals surface area contributed by atoms with E-state index in [0.717, 1.165) is 11.3 Å². The van der Waals surface area contributed by atoms with Crippen molar-refractivity contribution in [1.29, 1.82) is 0 Å². The second-order valence-electron chi connectivity index (χ2n) is 4.88. The van der Waals surface area contributed by atoms with Crippen molar-refractivity contribution in [2.45, 2.75) is 19.4 Å². The summed E-state index contributed by atoms with van der Waals surface area (Å²) in [5, 5.41) is 12.6. The number of para-hydroxylation sites is 1. The summed E-state index contributed by atoms with van der Waals surface area (Å²) in [6.45, 7) is 3.85. The normalized spacial score (nSPS) is 13.2. The molecule has 0 aromatic heterocycles. The number of anilines is 1. The lowest BCUT2D eigenvalue weighted by Gasteiger charge is -2.30. The summed E-state index contributed by atoms with van der Waals surface area (Å²) in [5.74, 6) is -0.204. The Morgan fingerprint density at radius 3 is 2.33 bits per heavy atom. The number of aromatic hydroxyl groups is 1. The zero-order valence-electron chi connectivity index (χ0n) is 12.2. The van der Waals surface area contributed by atoms with Crippen LogP contribution < -0.4 is 5.32 Å². The Hall–Kier alpha value is -2.49. The van der Waals surface area contributed by atoms with Gasteiger partial charge in [0.1, 0.15) is 5.75 Å². The lowest BCUT2D eigenvalue weighted by molar-refractivity contribution is -0.148. The van der Waals surface area contributed by atoms with Crippen molar-refractivity contribution in [2.24, 2.45) is 0 Å². The highest BCUT2D eigenvalue weighted by Gasteiger charge is 2.36. The fraction of sp³-hybridized carbons (Fsp3) is 0.235. The Morgan fingerprint density at radius 2 is 1.76 bits per heavy atom. The summed E-state index contributed by atoms with van der Waals surface area (Å²) in [5.41, 5.74) is 0.522.